The number of rotatable bonds is 4. The van der Waals surface area contributed by atoms with Gasteiger partial charge in [-0.2, -0.15) is 5.26 Å². The Bertz CT molecular complexity index is 868. The summed E-state index contributed by atoms with van der Waals surface area (Å²) in [5.41, 5.74) is 0.896. The largest absolute Gasteiger partial charge is 0.268 e. The zero-order chi connectivity index (χ0) is 17.0. The van der Waals surface area contributed by atoms with Gasteiger partial charge in [0, 0.05) is 12.1 Å². The van der Waals surface area contributed by atoms with Crippen LogP contribution in [0.3, 0.4) is 0 Å². The molecule has 2 aromatic carbocycles. The van der Waals surface area contributed by atoms with Crippen LogP contribution in [0.25, 0.3) is 0 Å². The van der Waals surface area contributed by atoms with Gasteiger partial charge in [-0.15, -0.1) is 0 Å². The Hall–Kier alpha value is -2.65. The van der Waals surface area contributed by atoms with Crippen molar-refractivity contribution in [2.45, 2.75) is 18.7 Å². The van der Waals surface area contributed by atoms with Crippen LogP contribution in [0.5, 0.6) is 0 Å². The average molecular weight is 328 g/mol. The van der Waals surface area contributed by atoms with Crippen LogP contribution < -0.4 is 0 Å². The van der Waals surface area contributed by atoms with E-state index >= 15 is 0 Å². The van der Waals surface area contributed by atoms with Crippen molar-refractivity contribution in [3.8, 4) is 6.07 Å². The molecule has 0 N–H and O–H groups in total. The summed E-state index contributed by atoms with van der Waals surface area (Å²) in [5.74, 6) is -0.613. The first-order valence-electron chi connectivity index (χ1n) is 7.05. The maximum atomic E-state index is 12.9. The fourth-order valence-electron chi connectivity index (χ4n) is 2.27. The second-order valence-electron chi connectivity index (χ2n) is 4.90. The lowest BCUT2D eigenvalue weighted by molar-refractivity contribution is 0.0866. The van der Waals surface area contributed by atoms with Crippen LogP contribution in [0.2, 0.25) is 0 Å². The Morgan fingerprint density at radius 2 is 1.78 bits per heavy atom. The van der Waals surface area contributed by atoms with E-state index < -0.39 is 15.9 Å². The van der Waals surface area contributed by atoms with E-state index in [0.29, 0.717) is 5.56 Å². The van der Waals surface area contributed by atoms with Crippen LogP contribution in [-0.4, -0.2) is 25.2 Å². The van der Waals surface area contributed by atoms with Gasteiger partial charge < -0.3 is 0 Å². The monoisotopic (exact) mass is 328 g/mol. The van der Waals surface area contributed by atoms with Crippen LogP contribution in [0.15, 0.2) is 53.4 Å². The topological polar surface area (TPSA) is 78.2 Å². The maximum absolute atomic E-state index is 12.9. The number of hydrogen-bond donors (Lipinski definition) is 0. The average Bonchev–Trinajstić information content (AvgIpc) is 2.55. The van der Waals surface area contributed by atoms with E-state index in [4.69, 9.17) is 0 Å². The predicted octanol–water partition coefficient (Wildman–Crippen LogP) is 2.72. The summed E-state index contributed by atoms with van der Waals surface area (Å²) in [7, 11) is -4.10. The van der Waals surface area contributed by atoms with Gasteiger partial charge in [0.1, 0.15) is 11.0 Å². The number of aryl methyl sites for hydroxylation is 1. The highest BCUT2D eigenvalue weighted by atomic mass is 32.2. The molecule has 2 rings (SSSR count). The van der Waals surface area contributed by atoms with Gasteiger partial charge in [-0.25, -0.2) is 12.7 Å². The number of sulfonamides is 1. The zero-order valence-electron chi connectivity index (χ0n) is 12.9. The van der Waals surface area contributed by atoms with Crippen molar-refractivity contribution in [1.29, 1.82) is 5.26 Å². The third-order valence-corrected chi connectivity index (χ3v) is 5.35. The van der Waals surface area contributed by atoms with Gasteiger partial charge in [0.05, 0.1) is 5.56 Å². The first-order chi connectivity index (χ1) is 10.9. The van der Waals surface area contributed by atoms with E-state index in [9.17, 15) is 18.5 Å². The van der Waals surface area contributed by atoms with Gasteiger partial charge >= 0.3 is 0 Å². The van der Waals surface area contributed by atoms with Crippen molar-refractivity contribution >= 4 is 15.9 Å². The minimum absolute atomic E-state index is 0.0190. The first kappa shape index (κ1) is 16.7. The van der Waals surface area contributed by atoms with Crippen molar-refractivity contribution in [3.05, 3.63) is 65.2 Å². The van der Waals surface area contributed by atoms with Gasteiger partial charge in [-0.05, 0) is 37.6 Å². The molecule has 0 aromatic heterocycles. The molecule has 0 aliphatic carbocycles. The maximum Gasteiger partial charge on any atom is 0.268 e. The third-order valence-electron chi connectivity index (χ3n) is 3.45. The summed E-state index contributed by atoms with van der Waals surface area (Å²) >= 11 is 0. The number of nitriles is 1. The molecule has 0 spiro atoms. The lowest BCUT2D eigenvalue weighted by atomic mass is 10.1. The van der Waals surface area contributed by atoms with Crippen molar-refractivity contribution in [2.75, 3.05) is 6.54 Å². The Balaban J connectivity index is 2.56. The van der Waals surface area contributed by atoms with Crippen molar-refractivity contribution < 1.29 is 13.2 Å². The number of carbonyl (C=O) groups excluding carboxylic acids is 1. The summed E-state index contributed by atoms with van der Waals surface area (Å²) in [6, 6.07) is 14.7. The molecule has 0 atom stereocenters. The molecule has 6 heteroatoms. The quantitative estimate of drug-likeness (QED) is 0.864. The summed E-state index contributed by atoms with van der Waals surface area (Å²) in [4.78, 5) is 12.4. The summed E-state index contributed by atoms with van der Waals surface area (Å²) in [6.45, 7) is 3.22. The molecule has 2 aromatic rings. The predicted molar refractivity (Wildman–Crippen MR) is 86.2 cm³/mol. The SMILES string of the molecule is CCN(C(=O)c1ccccc1)S(=O)(=O)c1cccc(C)c1C#N. The van der Waals surface area contributed by atoms with E-state index in [0.717, 1.165) is 4.31 Å². The second kappa shape index (κ2) is 6.63. The summed E-state index contributed by atoms with van der Waals surface area (Å²) in [6.07, 6.45) is 0. The van der Waals surface area contributed by atoms with Crippen LogP contribution in [0, 0.1) is 18.3 Å². The fraction of sp³-hybridized carbons (Fsp3) is 0.176. The molecule has 5 nitrogen and oxygen atoms in total. The van der Waals surface area contributed by atoms with Crippen LogP contribution in [0.1, 0.15) is 28.4 Å². The van der Waals surface area contributed by atoms with Crippen LogP contribution >= 0.6 is 0 Å². The van der Waals surface area contributed by atoms with Gasteiger partial charge in [0.15, 0.2) is 0 Å². The first-order valence-corrected chi connectivity index (χ1v) is 8.49. The van der Waals surface area contributed by atoms with E-state index in [-0.39, 0.29) is 22.6 Å². The van der Waals surface area contributed by atoms with Gasteiger partial charge in [-0.3, -0.25) is 4.79 Å². The number of benzene rings is 2. The molecule has 0 radical (unpaired) electrons. The molecular formula is C17H16N2O3S. The summed E-state index contributed by atoms with van der Waals surface area (Å²) < 4.78 is 26.5. The second-order valence-corrected chi connectivity index (χ2v) is 6.73. The van der Waals surface area contributed by atoms with E-state index in [1.54, 1.807) is 56.3 Å². The highest BCUT2D eigenvalue weighted by Gasteiger charge is 2.31. The molecule has 0 aliphatic heterocycles. The Morgan fingerprint density at radius 1 is 1.13 bits per heavy atom. The summed E-state index contributed by atoms with van der Waals surface area (Å²) in [5, 5.41) is 9.25. The molecule has 23 heavy (non-hydrogen) atoms. The van der Waals surface area contributed by atoms with Crippen molar-refractivity contribution in [2.24, 2.45) is 0 Å². The Labute approximate surface area is 135 Å². The van der Waals surface area contributed by atoms with E-state index in [1.165, 1.54) is 6.07 Å². The lowest BCUT2D eigenvalue weighted by Crippen LogP contribution is -2.37. The van der Waals surface area contributed by atoms with Gasteiger partial charge in [0.25, 0.3) is 15.9 Å². The van der Waals surface area contributed by atoms with Crippen molar-refractivity contribution in [1.82, 2.24) is 4.31 Å². The Kier molecular flexibility index (Phi) is 4.82. The smallest absolute Gasteiger partial charge is 0.268 e. The molecule has 1 amide bonds. The van der Waals surface area contributed by atoms with Gasteiger partial charge in [-0.1, -0.05) is 30.3 Å². The Morgan fingerprint density at radius 3 is 2.35 bits per heavy atom. The lowest BCUT2D eigenvalue weighted by Gasteiger charge is -2.22. The van der Waals surface area contributed by atoms with Crippen LogP contribution in [-0.2, 0) is 10.0 Å². The number of amides is 1. The molecule has 118 valence electrons. The highest BCUT2D eigenvalue weighted by Crippen LogP contribution is 2.23. The minimum Gasteiger partial charge on any atom is -0.268 e. The zero-order valence-corrected chi connectivity index (χ0v) is 13.7. The third kappa shape index (κ3) is 3.10. The minimum atomic E-state index is -4.10. The molecule has 0 bridgehead atoms. The van der Waals surface area contributed by atoms with E-state index in [2.05, 4.69) is 0 Å². The number of carbonyl (C=O) groups is 1. The normalized spacial score (nSPS) is 10.8. The molecule has 0 fully saturated rings. The number of nitrogens with zero attached hydrogens (tertiary/aromatic N) is 2. The fourth-order valence-corrected chi connectivity index (χ4v) is 3.88. The van der Waals surface area contributed by atoms with Gasteiger partial charge in [0.2, 0.25) is 0 Å². The van der Waals surface area contributed by atoms with E-state index in [1.807, 2.05) is 6.07 Å². The highest BCUT2D eigenvalue weighted by molar-refractivity contribution is 7.89. The molecular weight excluding hydrogens is 312 g/mol. The molecule has 0 saturated carbocycles. The molecule has 0 aliphatic rings. The van der Waals surface area contributed by atoms with Crippen molar-refractivity contribution in [3.63, 3.8) is 0 Å². The standard InChI is InChI=1S/C17H16N2O3S/c1-3-19(17(20)14-9-5-4-6-10-14)23(21,22)16-11-7-8-13(2)15(16)12-18/h4-11H,3H2,1-2H3. The molecule has 0 heterocycles. The number of hydrogen-bond acceptors (Lipinski definition) is 4. The van der Waals surface area contributed by atoms with Crippen LogP contribution in [0.4, 0.5) is 0 Å². The molecule has 0 saturated heterocycles. The molecule has 0 unspecified atom stereocenters.